The Hall–Kier alpha value is -1.03. The third-order valence-corrected chi connectivity index (χ3v) is 2.98. The van der Waals surface area contributed by atoms with Gasteiger partial charge in [-0.1, -0.05) is 32.9 Å². The van der Waals surface area contributed by atoms with E-state index in [0.29, 0.717) is 12.8 Å². The minimum absolute atomic E-state index is 0.154. The maximum Gasteiger partial charge on any atom is 0.416 e. The molecule has 1 aromatic rings. The van der Waals surface area contributed by atoms with Gasteiger partial charge in [-0.3, -0.25) is 0 Å². The average Bonchev–Trinajstić information content (AvgIpc) is 2.25. The predicted molar refractivity (Wildman–Crippen MR) is 69.8 cm³/mol. The molecule has 0 aliphatic carbocycles. The first kappa shape index (κ1) is 16.0. The zero-order valence-electron chi connectivity index (χ0n) is 11.6. The predicted octanol–water partition coefficient (Wildman–Crippen LogP) is 4.44. The molecule has 108 valence electrons. The van der Waals surface area contributed by atoms with Gasteiger partial charge < -0.3 is 5.11 Å². The molecule has 1 atom stereocenters. The lowest BCUT2D eigenvalue weighted by atomic mass is 9.88. The van der Waals surface area contributed by atoms with Gasteiger partial charge in [0.1, 0.15) is 0 Å². The smallest absolute Gasteiger partial charge is 0.393 e. The molecule has 19 heavy (non-hydrogen) atoms. The Morgan fingerprint density at radius 3 is 2.00 bits per heavy atom. The van der Waals surface area contributed by atoms with E-state index in [-0.39, 0.29) is 5.41 Å². The minimum atomic E-state index is -4.30. The molecule has 0 fully saturated rings. The van der Waals surface area contributed by atoms with Gasteiger partial charge in [0.05, 0.1) is 11.7 Å². The van der Waals surface area contributed by atoms with Gasteiger partial charge in [-0.05, 0) is 42.4 Å². The van der Waals surface area contributed by atoms with Crippen molar-refractivity contribution < 1.29 is 18.3 Å². The summed E-state index contributed by atoms with van der Waals surface area (Å²) in [4.78, 5) is 0. The molecule has 0 bridgehead atoms. The van der Waals surface area contributed by atoms with Crippen molar-refractivity contribution in [1.29, 1.82) is 0 Å². The van der Waals surface area contributed by atoms with Crippen LogP contribution in [0.15, 0.2) is 24.3 Å². The summed E-state index contributed by atoms with van der Waals surface area (Å²) in [6.45, 7) is 6.29. The number of benzene rings is 1. The first-order valence-corrected chi connectivity index (χ1v) is 6.42. The maximum absolute atomic E-state index is 12.4. The van der Waals surface area contributed by atoms with Gasteiger partial charge in [0.25, 0.3) is 0 Å². The Balaban J connectivity index is 2.54. The Labute approximate surface area is 112 Å². The highest BCUT2D eigenvalue weighted by Gasteiger charge is 2.29. The van der Waals surface area contributed by atoms with Crippen LogP contribution in [-0.2, 0) is 12.6 Å². The number of alkyl halides is 3. The average molecular weight is 274 g/mol. The Morgan fingerprint density at radius 2 is 1.58 bits per heavy atom. The van der Waals surface area contributed by atoms with E-state index in [9.17, 15) is 18.3 Å². The van der Waals surface area contributed by atoms with Crippen molar-refractivity contribution in [2.24, 2.45) is 5.41 Å². The lowest BCUT2D eigenvalue weighted by molar-refractivity contribution is -0.137. The summed E-state index contributed by atoms with van der Waals surface area (Å²) in [7, 11) is 0. The van der Waals surface area contributed by atoms with Crippen LogP contribution in [0, 0.1) is 5.41 Å². The molecule has 1 rings (SSSR count). The van der Waals surface area contributed by atoms with Crippen LogP contribution in [0.4, 0.5) is 13.2 Å². The number of rotatable bonds is 4. The second kappa shape index (κ2) is 5.95. The molecular formula is C15H21F3O. The van der Waals surface area contributed by atoms with Crippen LogP contribution < -0.4 is 0 Å². The third-order valence-electron chi connectivity index (χ3n) is 2.98. The molecule has 4 heteroatoms. The highest BCUT2D eigenvalue weighted by atomic mass is 19.4. The molecule has 0 aliphatic rings. The lowest BCUT2D eigenvalue weighted by Gasteiger charge is -2.20. The second-order valence-electron chi connectivity index (χ2n) is 6.15. The molecule has 0 amide bonds. The molecule has 1 N–H and O–H groups in total. The number of halogens is 3. The summed E-state index contributed by atoms with van der Waals surface area (Å²) in [5, 5.41) is 9.87. The van der Waals surface area contributed by atoms with Gasteiger partial charge in [0.15, 0.2) is 0 Å². The molecule has 0 aromatic heterocycles. The quantitative estimate of drug-likeness (QED) is 0.860. The Morgan fingerprint density at radius 1 is 1.05 bits per heavy atom. The monoisotopic (exact) mass is 274 g/mol. The Kier molecular flexibility index (Phi) is 5.02. The summed E-state index contributed by atoms with van der Waals surface area (Å²) in [6.07, 6.45) is -2.87. The molecule has 0 radical (unpaired) electrons. The second-order valence-corrected chi connectivity index (χ2v) is 6.15. The van der Waals surface area contributed by atoms with Crippen LogP contribution >= 0.6 is 0 Å². The van der Waals surface area contributed by atoms with E-state index in [1.54, 1.807) is 0 Å². The standard InChI is InChI=1S/C15H21F3O/c1-14(2,3)9-8-13(19)10-11-4-6-12(7-5-11)15(16,17)18/h4-7,13,19H,8-10H2,1-3H3. The first-order chi connectivity index (χ1) is 8.58. The molecule has 1 unspecified atom stereocenters. The van der Waals surface area contributed by atoms with Crippen LogP contribution in [0.25, 0.3) is 0 Å². The fourth-order valence-electron chi connectivity index (χ4n) is 1.80. The molecule has 0 aliphatic heterocycles. The van der Waals surface area contributed by atoms with E-state index in [2.05, 4.69) is 20.8 Å². The van der Waals surface area contributed by atoms with E-state index in [4.69, 9.17) is 0 Å². The van der Waals surface area contributed by atoms with Gasteiger partial charge >= 0.3 is 6.18 Å². The van der Waals surface area contributed by atoms with Crippen molar-refractivity contribution in [3.63, 3.8) is 0 Å². The first-order valence-electron chi connectivity index (χ1n) is 6.42. The number of aliphatic hydroxyl groups is 1. The van der Waals surface area contributed by atoms with E-state index >= 15 is 0 Å². The van der Waals surface area contributed by atoms with Gasteiger partial charge in [-0.15, -0.1) is 0 Å². The molecule has 0 saturated carbocycles. The summed E-state index contributed by atoms with van der Waals surface area (Å²) < 4.78 is 37.2. The molecule has 0 spiro atoms. The SMILES string of the molecule is CC(C)(C)CCC(O)Cc1ccc(C(F)(F)F)cc1. The zero-order chi connectivity index (χ0) is 14.7. The van der Waals surface area contributed by atoms with Crippen LogP contribution in [0.3, 0.4) is 0 Å². The van der Waals surface area contributed by atoms with Crippen LogP contribution in [0.2, 0.25) is 0 Å². The van der Waals surface area contributed by atoms with E-state index < -0.39 is 17.8 Å². The summed E-state index contributed by atoms with van der Waals surface area (Å²) in [5.41, 5.74) is 0.232. The van der Waals surface area contributed by atoms with Crippen molar-refractivity contribution in [3.05, 3.63) is 35.4 Å². The molecule has 1 nitrogen and oxygen atoms in total. The number of aliphatic hydroxyl groups excluding tert-OH is 1. The van der Waals surface area contributed by atoms with Crippen molar-refractivity contribution in [2.45, 2.75) is 52.3 Å². The van der Waals surface area contributed by atoms with Crippen LogP contribution in [-0.4, -0.2) is 11.2 Å². The minimum Gasteiger partial charge on any atom is -0.393 e. The van der Waals surface area contributed by atoms with Gasteiger partial charge in [0, 0.05) is 0 Å². The van der Waals surface area contributed by atoms with Gasteiger partial charge in [-0.2, -0.15) is 13.2 Å². The highest BCUT2D eigenvalue weighted by molar-refractivity contribution is 5.25. The largest absolute Gasteiger partial charge is 0.416 e. The van der Waals surface area contributed by atoms with E-state index in [0.717, 1.165) is 24.1 Å². The summed E-state index contributed by atoms with van der Waals surface area (Å²) in [5.74, 6) is 0. The van der Waals surface area contributed by atoms with Crippen molar-refractivity contribution >= 4 is 0 Å². The van der Waals surface area contributed by atoms with Crippen molar-refractivity contribution in [3.8, 4) is 0 Å². The zero-order valence-corrected chi connectivity index (χ0v) is 11.6. The highest BCUT2D eigenvalue weighted by Crippen LogP contribution is 2.29. The number of hydrogen-bond donors (Lipinski definition) is 1. The van der Waals surface area contributed by atoms with Crippen LogP contribution in [0.1, 0.15) is 44.7 Å². The molecule has 0 heterocycles. The van der Waals surface area contributed by atoms with E-state index in [1.807, 2.05) is 0 Å². The normalized spacial score (nSPS) is 14.5. The van der Waals surface area contributed by atoms with Gasteiger partial charge in [-0.25, -0.2) is 0 Å². The fourth-order valence-corrected chi connectivity index (χ4v) is 1.80. The fraction of sp³-hybridized carbons (Fsp3) is 0.600. The number of hydrogen-bond acceptors (Lipinski definition) is 1. The maximum atomic E-state index is 12.4. The van der Waals surface area contributed by atoms with Crippen molar-refractivity contribution in [1.82, 2.24) is 0 Å². The van der Waals surface area contributed by atoms with Crippen molar-refractivity contribution in [2.75, 3.05) is 0 Å². The van der Waals surface area contributed by atoms with Crippen LogP contribution in [0.5, 0.6) is 0 Å². The summed E-state index contributed by atoms with van der Waals surface area (Å²) >= 11 is 0. The third kappa shape index (κ3) is 6.10. The molecule has 0 saturated heterocycles. The summed E-state index contributed by atoms with van der Waals surface area (Å²) in [6, 6.07) is 4.99. The topological polar surface area (TPSA) is 20.2 Å². The lowest BCUT2D eigenvalue weighted by Crippen LogP contribution is -2.15. The van der Waals surface area contributed by atoms with E-state index in [1.165, 1.54) is 12.1 Å². The molecule has 1 aromatic carbocycles. The molecular weight excluding hydrogens is 253 g/mol. The van der Waals surface area contributed by atoms with Gasteiger partial charge in [0.2, 0.25) is 0 Å². The Bertz CT molecular complexity index is 387.